The van der Waals surface area contributed by atoms with Crippen LogP contribution in [0.15, 0.2) is 41.0 Å². The fourth-order valence-corrected chi connectivity index (χ4v) is 3.34. The Kier molecular flexibility index (Phi) is 3.87. The Morgan fingerprint density at radius 1 is 1.43 bits per heavy atom. The van der Waals surface area contributed by atoms with E-state index in [2.05, 4.69) is 15.9 Å². The summed E-state index contributed by atoms with van der Waals surface area (Å²) in [4.78, 5) is 14.7. The molecule has 3 rings (SSSR count). The number of nitrogens with two attached hydrogens (primary N) is 1. The van der Waals surface area contributed by atoms with Crippen LogP contribution in [0.1, 0.15) is 23.0 Å². The van der Waals surface area contributed by atoms with Crippen LogP contribution in [0.5, 0.6) is 0 Å². The molecule has 0 aliphatic carbocycles. The first kappa shape index (κ1) is 14.4. The highest BCUT2D eigenvalue weighted by Crippen LogP contribution is 2.28. The third-order valence-electron chi connectivity index (χ3n) is 3.85. The van der Waals surface area contributed by atoms with Crippen LogP contribution in [0.4, 0.5) is 5.69 Å². The van der Waals surface area contributed by atoms with E-state index in [1.807, 2.05) is 48.0 Å². The predicted octanol–water partition coefficient (Wildman–Crippen LogP) is 2.80. The number of benzene rings is 1. The lowest BCUT2D eigenvalue weighted by Crippen LogP contribution is -2.46. The Morgan fingerprint density at radius 3 is 2.95 bits per heavy atom. The molecule has 110 valence electrons. The molecule has 2 heterocycles. The fourth-order valence-electron chi connectivity index (χ4n) is 2.87. The van der Waals surface area contributed by atoms with E-state index >= 15 is 0 Å². The second kappa shape index (κ2) is 5.66. The smallest absolute Gasteiger partial charge is 0.274 e. The van der Waals surface area contributed by atoms with E-state index in [0.29, 0.717) is 12.2 Å². The SMILES string of the molecule is CCn1cc(Br)cc1C(=O)N1CC(N)Cc2ccccc21. The number of aromatic nitrogens is 1. The van der Waals surface area contributed by atoms with Gasteiger partial charge in [-0.25, -0.2) is 0 Å². The Labute approximate surface area is 132 Å². The summed E-state index contributed by atoms with van der Waals surface area (Å²) in [6.07, 6.45) is 2.75. The number of hydrogen-bond donors (Lipinski definition) is 1. The molecule has 1 amide bonds. The third kappa shape index (κ3) is 2.63. The van der Waals surface area contributed by atoms with Crippen LogP contribution in [-0.4, -0.2) is 23.1 Å². The van der Waals surface area contributed by atoms with Gasteiger partial charge in [-0.1, -0.05) is 18.2 Å². The summed E-state index contributed by atoms with van der Waals surface area (Å²) in [6, 6.07) is 9.85. The molecule has 1 aliphatic rings. The Balaban J connectivity index is 2.02. The second-order valence-electron chi connectivity index (χ2n) is 5.34. The minimum Gasteiger partial charge on any atom is -0.343 e. The van der Waals surface area contributed by atoms with Crippen molar-refractivity contribution in [3.05, 3.63) is 52.3 Å². The summed E-state index contributed by atoms with van der Waals surface area (Å²) < 4.78 is 2.87. The van der Waals surface area contributed by atoms with Gasteiger partial charge in [0.2, 0.25) is 0 Å². The van der Waals surface area contributed by atoms with E-state index < -0.39 is 0 Å². The monoisotopic (exact) mass is 347 g/mol. The number of aryl methyl sites for hydroxylation is 1. The number of carbonyl (C=O) groups excluding carboxylic acids is 1. The maximum atomic E-state index is 12.9. The molecular formula is C16H18BrN3O. The summed E-state index contributed by atoms with van der Waals surface area (Å²) in [5, 5.41) is 0. The minimum absolute atomic E-state index is 0.00477. The quantitative estimate of drug-likeness (QED) is 0.907. The van der Waals surface area contributed by atoms with Gasteiger partial charge in [0.05, 0.1) is 0 Å². The molecule has 0 spiro atoms. The highest BCUT2D eigenvalue weighted by molar-refractivity contribution is 9.10. The van der Waals surface area contributed by atoms with Crippen molar-refractivity contribution >= 4 is 27.5 Å². The Morgan fingerprint density at radius 2 is 2.19 bits per heavy atom. The number of fused-ring (bicyclic) bond motifs is 1. The molecule has 1 aliphatic heterocycles. The van der Waals surface area contributed by atoms with Crippen molar-refractivity contribution in [2.45, 2.75) is 25.9 Å². The highest BCUT2D eigenvalue weighted by atomic mass is 79.9. The van der Waals surface area contributed by atoms with E-state index in [9.17, 15) is 4.79 Å². The molecular weight excluding hydrogens is 330 g/mol. The van der Waals surface area contributed by atoms with Gasteiger partial charge < -0.3 is 15.2 Å². The van der Waals surface area contributed by atoms with Gasteiger partial charge in [-0.05, 0) is 47.0 Å². The molecule has 5 heteroatoms. The highest BCUT2D eigenvalue weighted by Gasteiger charge is 2.28. The molecule has 0 radical (unpaired) electrons. The molecule has 0 saturated carbocycles. The van der Waals surface area contributed by atoms with Gasteiger partial charge in [-0.3, -0.25) is 4.79 Å². The molecule has 0 fully saturated rings. The van der Waals surface area contributed by atoms with Crippen LogP contribution in [0.3, 0.4) is 0 Å². The molecule has 2 aromatic rings. The zero-order valence-electron chi connectivity index (χ0n) is 11.9. The van der Waals surface area contributed by atoms with Gasteiger partial charge in [0, 0.05) is 35.5 Å². The second-order valence-corrected chi connectivity index (χ2v) is 6.25. The summed E-state index contributed by atoms with van der Waals surface area (Å²) in [5.41, 5.74) is 8.92. The van der Waals surface area contributed by atoms with Gasteiger partial charge in [0.1, 0.15) is 5.69 Å². The van der Waals surface area contributed by atoms with Gasteiger partial charge in [-0.15, -0.1) is 0 Å². The van der Waals surface area contributed by atoms with Crippen LogP contribution in [0, 0.1) is 0 Å². The normalized spacial score (nSPS) is 17.7. The van der Waals surface area contributed by atoms with E-state index in [1.54, 1.807) is 4.90 Å². The Hall–Kier alpha value is -1.59. The molecule has 1 unspecified atom stereocenters. The Bertz CT molecular complexity index is 680. The number of nitrogens with zero attached hydrogens (tertiary/aromatic N) is 2. The first-order valence-corrected chi connectivity index (χ1v) is 7.90. The lowest BCUT2D eigenvalue weighted by Gasteiger charge is -2.33. The van der Waals surface area contributed by atoms with Crippen LogP contribution in [0.25, 0.3) is 0 Å². The number of anilines is 1. The molecule has 0 bridgehead atoms. The number of rotatable bonds is 2. The fraction of sp³-hybridized carbons (Fsp3) is 0.312. The molecule has 1 aromatic carbocycles. The summed E-state index contributed by atoms with van der Waals surface area (Å²) >= 11 is 3.44. The van der Waals surface area contributed by atoms with Crippen molar-refractivity contribution in [1.29, 1.82) is 0 Å². The standard InChI is InChI=1S/C16H18BrN3O/c1-2-19-9-12(17)8-15(19)16(21)20-10-13(18)7-11-5-3-4-6-14(11)20/h3-6,8-9,13H,2,7,10,18H2,1H3. The molecule has 4 nitrogen and oxygen atoms in total. The summed E-state index contributed by atoms with van der Waals surface area (Å²) in [5.74, 6) is 0.00477. The molecule has 0 saturated heterocycles. The van der Waals surface area contributed by atoms with E-state index in [4.69, 9.17) is 5.73 Å². The first-order valence-electron chi connectivity index (χ1n) is 7.11. The summed E-state index contributed by atoms with van der Waals surface area (Å²) in [7, 11) is 0. The van der Waals surface area contributed by atoms with Crippen LogP contribution < -0.4 is 10.6 Å². The van der Waals surface area contributed by atoms with Gasteiger partial charge in [0.25, 0.3) is 5.91 Å². The minimum atomic E-state index is -0.0164. The predicted molar refractivity (Wildman–Crippen MR) is 87.6 cm³/mol. The van der Waals surface area contributed by atoms with Crippen molar-refractivity contribution in [2.75, 3.05) is 11.4 Å². The molecule has 21 heavy (non-hydrogen) atoms. The average Bonchev–Trinajstić information content (AvgIpc) is 2.86. The first-order chi connectivity index (χ1) is 10.1. The largest absolute Gasteiger partial charge is 0.343 e. The lowest BCUT2D eigenvalue weighted by molar-refractivity contribution is 0.0974. The maximum Gasteiger partial charge on any atom is 0.274 e. The zero-order chi connectivity index (χ0) is 15.0. The number of halogens is 1. The van der Waals surface area contributed by atoms with E-state index in [-0.39, 0.29) is 11.9 Å². The van der Waals surface area contributed by atoms with E-state index in [1.165, 1.54) is 0 Å². The van der Waals surface area contributed by atoms with Crippen molar-refractivity contribution < 1.29 is 4.79 Å². The molecule has 2 N–H and O–H groups in total. The molecule has 1 atom stereocenters. The number of hydrogen-bond acceptors (Lipinski definition) is 2. The van der Waals surface area contributed by atoms with Crippen molar-refractivity contribution in [2.24, 2.45) is 5.73 Å². The zero-order valence-corrected chi connectivity index (χ0v) is 13.5. The average molecular weight is 348 g/mol. The van der Waals surface area contributed by atoms with Crippen molar-refractivity contribution in [3.63, 3.8) is 0 Å². The third-order valence-corrected chi connectivity index (χ3v) is 4.28. The number of amides is 1. The van der Waals surface area contributed by atoms with Gasteiger partial charge >= 0.3 is 0 Å². The lowest BCUT2D eigenvalue weighted by atomic mass is 9.98. The van der Waals surface area contributed by atoms with Gasteiger partial charge in [-0.2, -0.15) is 0 Å². The maximum absolute atomic E-state index is 12.9. The number of para-hydroxylation sites is 1. The summed E-state index contributed by atoms with van der Waals surface area (Å²) in [6.45, 7) is 3.34. The van der Waals surface area contributed by atoms with Gasteiger partial charge in [0.15, 0.2) is 0 Å². The van der Waals surface area contributed by atoms with Crippen molar-refractivity contribution in [1.82, 2.24) is 4.57 Å². The molecule has 1 aromatic heterocycles. The van der Waals surface area contributed by atoms with Crippen molar-refractivity contribution in [3.8, 4) is 0 Å². The number of carbonyl (C=O) groups is 1. The van der Waals surface area contributed by atoms with Crippen LogP contribution in [0.2, 0.25) is 0 Å². The topological polar surface area (TPSA) is 51.3 Å². The van der Waals surface area contributed by atoms with Crippen LogP contribution >= 0.6 is 15.9 Å². The van der Waals surface area contributed by atoms with E-state index in [0.717, 1.165) is 28.7 Å². The van der Waals surface area contributed by atoms with Crippen LogP contribution in [-0.2, 0) is 13.0 Å².